The number of nitrogens with one attached hydrogen (secondary N) is 1. The van der Waals surface area contributed by atoms with Crippen molar-refractivity contribution in [2.24, 2.45) is 0 Å². The highest BCUT2D eigenvalue weighted by atomic mass is 32.1. The predicted molar refractivity (Wildman–Crippen MR) is 117 cm³/mol. The van der Waals surface area contributed by atoms with Gasteiger partial charge in [-0.1, -0.05) is 0 Å². The van der Waals surface area contributed by atoms with Crippen LogP contribution in [0.15, 0.2) is 23.7 Å². The van der Waals surface area contributed by atoms with E-state index in [0.29, 0.717) is 47.2 Å². The number of anilines is 3. The van der Waals surface area contributed by atoms with Crippen molar-refractivity contribution in [3.63, 3.8) is 0 Å². The highest BCUT2D eigenvalue weighted by molar-refractivity contribution is 7.16. The van der Waals surface area contributed by atoms with Crippen molar-refractivity contribution in [3.05, 3.63) is 29.3 Å². The van der Waals surface area contributed by atoms with Crippen molar-refractivity contribution in [1.29, 1.82) is 0 Å². The number of aliphatic hydroxyl groups is 1. The molecule has 0 unspecified atom stereocenters. The smallest absolute Gasteiger partial charge is 0.430 e. The van der Waals surface area contributed by atoms with E-state index in [0.717, 1.165) is 5.56 Å². The Balaban J connectivity index is 1.43. The number of nitrogens with zero attached hydrogens (tertiary/aromatic N) is 5. The van der Waals surface area contributed by atoms with E-state index in [1.54, 1.807) is 24.8 Å². The van der Waals surface area contributed by atoms with E-state index in [-0.39, 0.29) is 18.6 Å². The fourth-order valence-corrected chi connectivity index (χ4v) is 4.12. The molecule has 3 aromatic rings. The Morgan fingerprint density at radius 1 is 1.39 bits per heavy atom. The SMILES string of the molecule is COc1ccc(NC(=O)ON2CCN(c3nc(N)nc4scnc34)[C@H](CO)C2)c(C)c1. The summed E-state index contributed by atoms with van der Waals surface area (Å²) in [5.74, 6) is 1.43. The number of aryl methyl sites for hydroxylation is 1. The maximum absolute atomic E-state index is 12.4. The van der Waals surface area contributed by atoms with Crippen LogP contribution in [0.5, 0.6) is 5.75 Å². The molecular formula is C19H23N7O4S. The third-order valence-corrected chi connectivity index (χ3v) is 5.73. The number of benzene rings is 1. The number of methoxy groups -OCH3 is 1. The number of hydrogen-bond acceptors (Lipinski definition) is 11. The number of fused-ring (bicyclic) bond motifs is 1. The van der Waals surface area contributed by atoms with Crippen LogP contribution in [0.25, 0.3) is 10.3 Å². The minimum absolute atomic E-state index is 0.149. The Labute approximate surface area is 182 Å². The highest BCUT2D eigenvalue weighted by Gasteiger charge is 2.31. The number of hydroxylamine groups is 2. The Morgan fingerprint density at radius 2 is 2.23 bits per heavy atom. The van der Waals surface area contributed by atoms with Crippen molar-refractivity contribution in [1.82, 2.24) is 20.0 Å². The molecule has 1 saturated heterocycles. The maximum Gasteiger partial charge on any atom is 0.430 e. The van der Waals surface area contributed by atoms with Gasteiger partial charge in [-0.05, 0) is 30.7 Å². The Kier molecular flexibility index (Phi) is 6.02. The zero-order valence-corrected chi connectivity index (χ0v) is 17.9. The topological polar surface area (TPSA) is 139 Å². The van der Waals surface area contributed by atoms with E-state index in [2.05, 4.69) is 20.3 Å². The molecular weight excluding hydrogens is 422 g/mol. The third-order valence-electron chi connectivity index (χ3n) is 5.01. The first kappa shape index (κ1) is 21.0. The summed E-state index contributed by atoms with van der Waals surface area (Å²) in [5.41, 5.74) is 9.65. The molecule has 164 valence electrons. The van der Waals surface area contributed by atoms with Gasteiger partial charge in [0.05, 0.1) is 38.4 Å². The second-order valence-corrected chi connectivity index (χ2v) is 7.85. The molecule has 12 heteroatoms. The number of amides is 1. The first-order valence-corrected chi connectivity index (χ1v) is 10.5. The number of hydrogen-bond donors (Lipinski definition) is 3. The molecule has 1 fully saturated rings. The molecule has 0 bridgehead atoms. The predicted octanol–water partition coefficient (Wildman–Crippen LogP) is 1.63. The number of rotatable bonds is 5. The maximum atomic E-state index is 12.4. The molecule has 0 saturated carbocycles. The average molecular weight is 446 g/mol. The number of nitrogen functional groups attached to an aromatic ring is 1. The van der Waals surface area contributed by atoms with Crippen molar-refractivity contribution >= 4 is 45.2 Å². The van der Waals surface area contributed by atoms with Gasteiger partial charge < -0.3 is 25.3 Å². The molecule has 0 radical (unpaired) electrons. The molecule has 11 nitrogen and oxygen atoms in total. The van der Waals surface area contributed by atoms with E-state index >= 15 is 0 Å². The number of aromatic nitrogens is 3. The summed E-state index contributed by atoms with van der Waals surface area (Å²) in [7, 11) is 1.59. The highest BCUT2D eigenvalue weighted by Crippen LogP contribution is 2.29. The summed E-state index contributed by atoms with van der Waals surface area (Å²) in [6, 6.07) is 4.98. The molecule has 1 aromatic carbocycles. The molecule has 0 spiro atoms. The van der Waals surface area contributed by atoms with E-state index < -0.39 is 6.09 Å². The Bertz CT molecular complexity index is 1090. The molecule has 4 N–H and O–H groups in total. The van der Waals surface area contributed by atoms with Crippen LogP contribution >= 0.6 is 11.3 Å². The summed E-state index contributed by atoms with van der Waals surface area (Å²) < 4.78 is 5.17. The third kappa shape index (κ3) is 4.45. The van der Waals surface area contributed by atoms with Gasteiger partial charge in [-0.15, -0.1) is 16.4 Å². The van der Waals surface area contributed by atoms with Crippen molar-refractivity contribution < 1.29 is 19.5 Å². The van der Waals surface area contributed by atoms with Crippen LogP contribution in [0.1, 0.15) is 5.56 Å². The van der Waals surface area contributed by atoms with Crippen LogP contribution in [-0.4, -0.2) is 70.6 Å². The van der Waals surface area contributed by atoms with Gasteiger partial charge in [-0.25, -0.2) is 14.8 Å². The lowest BCUT2D eigenvalue weighted by Gasteiger charge is -2.40. The molecule has 1 aliphatic rings. The molecule has 1 amide bonds. The van der Waals surface area contributed by atoms with E-state index in [9.17, 15) is 9.90 Å². The van der Waals surface area contributed by atoms with Gasteiger partial charge in [0.1, 0.15) is 11.3 Å². The normalized spacial score (nSPS) is 17.0. The van der Waals surface area contributed by atoms with Crippen molar-refractivity contribution in [3.8, 4) is 5.75 Å². The van der Waals surface area contributed by atoms with Crippen molar-refractivity contribution in [2.45, 2.75) is 13.0 Å². The number of ether oxygens (including phenoxy) is 1. The molecule has 1 atom stereocenters. The first-order valence-electron chi connectivity index (χ1n) is 9.61. The summed E-state index contributed by atoms with van der Waals surface area (Å²) in [4.78, 5) is 33.3. The summed E-state index contributed by atoms with van der Waals surface area (Å²) in [6.07, 6.45) is -0.605. The summed E-state index contributed by atoms with van der Waals surface area (Å²) in [6.45, 7) is 2.88. The van der Waals surface area contributed by atoms with Gasteiger partial charge in [0, 0.05) is 12.2 Å². The van der Waals surface area contributed by atoms with E-state index in [1.807, 2.05) is 17.9 Å². The fourth-order valence-electron chi connectivity index (χ4n) is 3.46. The molecule has 31 heavy (non-hydrogen) atoms. The fraction of sp³-hybridized carbons (Fsp3) is 0.368. The number of aliphatic hydroxyl groups excluding tert-OH is 1. The molecule has 4 rings (SSSR count). The van der Waals surface area contributed by atoms with Gasteiger partial charge in [-0.3, -0.25) is 5.32 Å². The molecule has 0 aliphatic carbocycles. The first-order chi connectivity index (χ1) is 15.0. The van der Waals surface area contributed by atoms with Gasteiger partial charge in [0.25, 0.3) is 0 Å². The second kappa shape index (κ2) is 8.88. The van der Waals surface area contributed by atoms with Crippen LogP contribution in [0.2, 0.25) is 0 Å². The summed E-state index contributed by atoms with van der Waals surface area (Å²) in [5, 5.41) is 14.2. The van der Waals surface area contributed by atoms with E-state index in [1.165, 1.54) is 16.4 Å². The number of nitrogens with two attached hydrogens (primary N) is 1. The monoisotopic (exact) mass is 445 g/mol. The van der Waals surface area contributed by atoms with Crippen LogP contribution in [0, 0.1) is 6.92 Å². The zero-order valence-electron chi connectivity index (χ0n) is 17.1. The Hall–Kier alpha value is -3.22. The van der Waals surface area contributed by atoms with E-state index in [4.69, 9.17) is 15.3 Å². The quantitative estimate of drug-likeness (QED) is 0.531. The van der Waals surface area contributed by atoms with Gasteiger partial charge in [0.15, 0.2) is 10.6 Å². The van der Waals surface area contributed by atoms with Gasteiger partial charge >= 0.3 is 6.09 Å². The average Bonchev–Trinajstić information content (AvgIpc) is 3.23. The largest absolute Gasteiger partial charge is 0.497 e. The van der Waals surface area contributed by atoms with Crippen LogP contribution < -0.4 is 20.7 Å². The minimum Gasteiger partial charge on any atom is -0.497 e. The number of thiazole rings is 1. The van der Waals surface area contributed by atoms with Crippen LogP contribution in [0.3, 0.4) is 0 Å². The number of piperazine rings is 1. The lowest BCUT2D eigenvalue weighted by molar-refractivity contribution is -0.108. The molecule has 3 heterocycles. The minimum atomic E-state index is -0.605. The summed E-state index contributed by atoms with van der Waals surface area (Å²) >= 11 is 1.37. The number of carbonyl (C=O) groups excluding carboxylic acids is 1. The molecule has 2 aromatic heterocycles. The second-order valence-electron chi connectivity index (χ2n) is 7.01. The lowest BCUT2D eigenvalue weighted by Crippen LogP contribution is -2.55. The number of carbonyl (C=O) groups is 1. The van der Waals surface area contributed by atoms with Gasteiger partial charge in [-0.2, -0.15) is 4.98 Å². The standard InChI is InChI=1S/C19H23N7O4S/c1-11-7-13(29-2)3-4-14(11)22-19(28)30-25-5-6-26(12(8-25)9-27)16-15-17(31-10-21-15)24-18(20)23-16/h3-4,7,10,12,27H,5-6,8-9H2,1-2H3,(H,22,28)(H2,20,23,24)/t12-/m0/s1. The lowest BCUT2D eigenvalue weighted by atomic mass is 10.2. The van der Waals surface area contributed by atoms with Gasteiger partial charge in [0.2, 0.25) is 5.95 Å². The van der Waals surface area contributed by atoms with Crippen LogP contribution in [0.4, 0.5) is 22.2 Å². The zero-order chi connectivity index (χ0) is 22.0. The Morgan fingerprint density at radius 3 is 2.97 bits per heavy atom. The van der Waals surface area contributed by atoms with Crippen LogP contribution in [-0.2, 0) is 4.84 Å². The molecule has 1 aliphatic heterocycles. The van der Waals surface area contributed by atoms with Crippen molar-refractivity contribution in [2.75, 3.05) is 49.3 Å².